The number of rotatable bonds is 1. The van der Waals surface area contributed by atoms with Gasteiger partial charge in [-0.05, 0) is 31.0 Å². The Labute approximate surface area is 123 Å². The molecule has 0 bridgehead atoms. The summed E-state index contributed by atoms with van der Waals surface area (Å²) in [6.45, 7) is 3.82. The maximum atomic E-state index is 9.97. The summed E-state index contributed by atoms with van der Waals surface area (Å²) in [6, 6.07) is 6.31. The van der Waals surface area contributed by atoms with Crippen LogP contribution < -0.4 is 4.74 Å². The van der Waals surface area contributed by atoms with Gasteiger partial charge in [0.05, 0.1) is 7.11 Å². The van der Waals surface area contributed by atoms with Gasteiger partial charge in [0.15, 0.2) is 11.5 Å². The summed E-state index contributed by atoms with van der Waals surface area (Å²) >= 11 is 0. The highest BCUT2D eigenvalue weighted by atomic mass is 16.5. The topological polar surface area (TPSA) is 45.8 Å². The van der Waals surface area contributed by atoms with Crippen molar-refractivity contribution in [1.29, 1.82) is 0 Å². The minimum atomic E-state index is 0.228. The van der Waals surface area contributed by atoms with Crippen molar-refractivity contribution in [3.05, 3.63) is 46.4 Å². The van der Waals surface area contributed by atoms with Crippen LogP contribution in [0.2, 0.25) is 0 Å². The van der Waals surface area contributed by atoms with Gasteiger partial charge in [0.2, 0.25) is 0 Å². The molecule has 0 radical (unpaired) electrons. The third-order valence-corrected chi connectivity index (χ3v) is 4.71. The van der Waals surface area contributed by atoms with Gasteiger partial charge in [-0.2, -0.15) is 0 Å². The first-order valence-corrected chi connectivity index (χ1v) is 7.38. The molecule has 0 spiro atoms. The van der Waals surface area contributed by atoms with Crippen LogP contribution in [0, 0.1) is 6.92 Å². The molecule has 1 atom stereocenters. The Morgan fingerprint density at radius 1 is 1.38 bits per heavy atom. The second kappa shape index (κ2) is 4.53. The first kappa shape index (κ1) is 12.8. The van der Waals surface area contributed by atoms with E-state index in [9.17, 15) is 5.11 Å². The number of fused-ring (bicyclic) bond motifs is 4. The molecule has 2 aliphatic rings. The Balaban J connectivity index is 1.78. The normalized spacial score (nSPS) is 20.6. The van der Waals surface area contributed by atoms with E-state index in [0.29, 0.717) is 11.8 Å². The maximum Gasteiger partial charge on any atom is 0.165 e. The first-order valence-electron chi connectivity index (χ1n) is 7.38. The van der Waals surface area contributed by atoms with E-state index in [1.54, 1.807) is 13.2 Å². The van der Waals surface area contributed by atoms with E-state index in [4.69, 9.17) is 9.15 Å². The molecule has 0 fully saturated rings. The van der Waals surface area contributed by atoms with E-state index in [2.05, 4.69) is 11.0 Å². The lowest BCUT2D eigenvalue weighted by atomic mass is 9.86. The minimum absolute atomic E-state index is 0.228. The number of phenols is 1. The second-order valence-corrected chi connectivity index (χ2v) is 5.93. The standard InChI is InChI=1S/C17H19NO3/c1-10-7-12-14-8-11-3-4-15(19)17(20-2)13(11)9-18(14)6-5-16(12)21-10/h3-4,7,14,19H,5-6,8-9H2,1-2H3/t14-/m0/s1. The molecule has 4 rings (SSSR count). The van der Waals surface area contributed by atoms with Crippen molar-refractivity contribution in [3.63, 3.8) is 0 Å². The maximum absolute atomic E-state index is 9.97. The number of furan rings is 1. The summed E-state index contributed by atoms with van der Waals surface area (Å²) in [6.07, 6.45) is 1.90. The van der Waals surface area contributed by atoms with Crippen LogP contribution in [0.1, 0.15) is 34.3 Å². The van der Waals surface area contributed by atoms with Crippen LogP contribution in [-0.4, -0.2) is 23.7 Å². The average Bonchev–Trinajstić information content (AvgIpc) is 2.86. The van der Waals surface area contributed by atoms with E-state index < -0.39 is 0 Å². The largest absolute Gasteiger partial charge is 0.504 e. The summed E-state index contributed by atoms with van der Waals surface area (Å²) in [5.41, 5.74) is 3.71. The number of ether oxygens (including phenoxy) is 1. The molecule has 1 aromatic heterocycles. The fraction of sp³-hybridized carbons (Fsp3) is 0.412. The number of hydrogen-bond acceptors (Lipinski definition) is 4. The quantitative estimate of drug-likeness (QED) is 0.875. The van der Waals surface area contributed by atoms with Crippen molar-refractivity contribution in [2.75, 3.05) is 13.7 Å². The van der Waals surface area contributed by atoms with Crippen LogP contribution in [0.4, 0.5) is 0 Å². The van der Waals surface area contributed by atoms with E-state index in [0.717, 1.165) is 43.0 Å². The predicted molar refractivity (Wildman–Crippen MR) is 78.7 cm³/mol. The number of aryl methyl sites for hydroxylation is 1. The van der Waals surface area contributed by atoms with Gasteiger partial charge in [0.25, 0.3) is 0 Å². The van der Waals surface area contributed by atoms with Gasteiger partial charge in [-0.25, -0.2) is 0 Å². The van der Waals surface area contributed by atoms with Gasteiger partial charge < -0.3 is 14.3 Å². The van der Waals surface area contributed by atoms with Crippen LogP contribution in [0.5, 0.6) is 11.5 Å². The highest BCUT2D eigenvalue weighted by Crippen LogP contribution is 2.43. The molecule has 110 valence electrons. The zero-order valence-electron chi connectivity index (χ0n) is 12.3. The third kappa shape index (κ3) is 1.86. The van der Waals surface area contributed by atoms with Crippen molar-refractivity contribution in [2.45, 2.75) is 32.4 Å². The van der Waals surface area contributed by atoms with Crippen LogP contribution >= 0.6 is 0 Å². The first-order chi connectivity index (χ1) is 10.2. The van der Waals surface area contributed by atoms with E-state index in [-0.39, 0.29) is 5.75 Å². The zero-order chi connectivity index (χ0) is 14.6. The van der Waals surface area contributed by atoms with Crippen molar-refractivity contribution >= 4 is 0 Å². The fourth-order valence-corrected chi connectivity index (χ4v) is 3.75. The molecular formula is C17H19NO3. The Morgan fingerprint density at radius 3 is 3.05 bits per heavy atom. The Morgan fingerprint density at radius 2 is 2.24 bits per heavy atom. The molecule has 0 aliphatic carbocycles. The summed E-state index contributed by atoms with van der Waals surface area (Å²) in [5, 5.41) is 9.97. The molecule has 2 aromatic rings. The minimum Gasteiger partial charge on any atom is -0.504 e. The molecular weight excluding hydrogens is 266 g/mol. The van der Waals surface area contributed by atoms with E-state index in [1.165, 1.54) is 11.1 Å². The molecule has 4 nitrogen and oxygen atoms in total. The summed E-state index contributed by atoms with van der Waals surface area (Å²) < 4.78 is 11.2. The van der Waals surface area contributed by atoms with Crippen molar-refractivity contribution in [3.8, 4) is 11.5 Å². The number of benzene rings is 1. The molecule has 21 heavy (non-hydrogen) atoms. The summed E-state index contributed by atoms with van der Waals surface area (Å²) in [4.78, 5) is 2.46. The van der Waals surface area contributed by atoms with Crippen molar-refractivity contribution in [1.82, 2.24) is 4.90 Å². The van der Waals surface area contributed by atoms with Crippen LogP contribution in [-0.2, 0) is 19.4 Å². The lowest BCUT2D eigenvalue weighted by Gasteiger charge is -2.40. The molecule has 0 saturated heterocycles. The molecule has 0 unspecified atom stereocenters. The van der Waals surface area contributed by atoms with Crippen LogP contribution in [0.25, 0.3) is 0 Å². The van der Waals surface area contributed by atoms with Crippen molar-refractivity contribution < 1.29 is 14.3 Å². The number of nitrogens with zero attached hydrogens (tertiary/aromatic N) is 1. The Hall–Kier alpha value is -1.94. The molecule has 1 N–H and O–H groups in total. The molecule has 0 saturated carbocycles. The number of methoxy groups -OCH3 is 1. The molecule has 0 amide bonds. The predicted octanol–water partition coefficient (Wildman–Crippen LogP) is 2.96. The van der Waals surface area contributed by atoms with Gasteiger partial charge in [-0.3, -0.25) is 4.90 Å². The van der Waals surface area contributed by atoms with Gasteiger partial charge in [0, 0.05) is 36.7 Å². The van der Waals surface area contributed by atoms with Gasteiger partial charge in [-0.15, -0.1) is 0 Å². The van der Waals surface area contributed by atoms with Gasteiger partial charge in [0.1, 0.15) is 11.5 Å². The highest BCUT2D eigenvalue weighted by molar-refractivity contribution is 5.52. The van der Waals surface area contributed by atoms with Crippen LogP contribution in [0.3, 0.4) is 0 Å². The fourth-order valence-electron chi connectivity index (χ4n) is 3.75. The van der Waals surface area contributed by atoms with E-state index >= 15 is 0 Å². The van der Waals surface area contributed by atoms with Crippen molar-refractivity contribution in [2.24, 2.45) is 0 Å². The lowest BCUT2D eigenvalue weighted by Crippen LogP contribution is -2.38. The van der Waals surface area contributed by atoms with E-state index in [1.807, 2.05) is 13.0 Å². The monoisotopic (exact) mass is 285 g/mol. The Bertz CT molecular complexity index is 704. The molecule has 4 heteroatoms. The zero-order valence-corrected chi connectivity index (χ0v) is 12.3. The number of phenolic OH excluding ortho intramolecular Hbond substituents is 1. The number of hydrogen-bond donors (Lipinski definition) is 1. The van der Waals surface area contributed by atoms with Gasteiger partial charge in [-0.1, -0.05) is 6.07 Å². The number of aromatic hydroxyl groups is 1. The summed E-state index contributed by atoms with van der Waals surface area (Å²) in [5.74, 6) is 2.99. The lowest BCUT2D eigenvalue weighted by molar-refractivity contribution is 0.151. The molecule has 3 heterocycles. The molecule has 1 aromatic carbocycles. The SMILES string of the molecule is COc1c(O)ccc2c1CN1CCc3oc(C)cc3[C@@H]1C2. The second-order valence-electron chi connectivity index (χ2n) is 5.93. The smallest absolute Gasteiger partial charge is 0.165 e. The molecule has 2 aliphatic heterocycles. The van der Waals surface area contributed by atoms with Gasteiger partial charge >= 0.3 is 0 Å². The van der Waals surface area contributed by atoms with Crippen LogP contribution in [0.15, 0.2) is 22.6 Å². The third-order valence-electron chi connectivity index (χ3n) is 4.71. The Kier molecular flexibility index (Phi) is 2.76. The average molecular weight is 285 g/mol. The highest BCUT2D eigenvalue weighted by Gasteiger charge is 2.35. The summed E-state index contributed by atoms with van der Waals surface area (Å²) in [7, 11) is 1.62.